The summed E-state index contributed by atoms with van der Waals surface area (Å²) in [5.74, 6) is -0.399. The van der Waals surface area contributed by atoms with Crippen molar-refractivity contribution in [3.8, 4) is 11.3 Å². The number of rotatable bonds is 3. The topological polar surface area (TPSA) is 81.0 Å². The van der Waals surface area contributed by atoms with E-state index < -0.39 is 5.92 Å². The first-order chi connectivity index (χ1) is 9.02. The molecule has 1 atom stereocenters. The monoisotopic (exact) mass is 279 g/mol. The Bertz CT molecular complexity index is 610. The average Bonchev–Trinajstić information content (AvgIpc) is 2.83. The molecule has 0 saturated heterocycles. The summed E-state index contributed by atoms with van der Waals surface area (Å²) in [6, 6.07) is 5.30. The Morgan fingerprint density at radius 1 is 1.53 bits per heavy atom. The van der Waals surface area contributed by atoms with Gasteiger partial charge in [0.05, 0.1) is 24.9 Å². The number of nitrogens with two attached hydrogens (primary N) is 1. The van der Waals surface area contributed by atoms with E-state index in [1.165, 1.54) is 7.11 Å². The Hall–Kier alpha value is -2.01. The van der Waals surface area contributed by atoms with Crippen LogP contribution in [0.3, 0.4) is 0 Å². The SMILES string of the molecule is COC(=O)C(C)c1ccc(Cl)cc1-c1cnc(N)[nH]1. The van der Waals surface area contributed by atoms with Crippen molar-refractivity contribution in [2.45, 2.75) is 12.8 Å². The predicted octanol–water partition coefficient (Wildman–Crippen LogP) is 2.59. The molecule has 0 amide bonds. The van der Waals surface area contributed by atoms with Crippen LogP contribution in [0.25, 0.3) is 11.3 Å². The summed E-state index contributed by atoms with van der Waals surface area (Å²) in [6.07, 6.45) is 1.61. The van der Waals surface area contributed by atoms with E-state index in [9.17, 15) is 4.79 Å². The van der Waals surface area contributed by atoms with Crippen molar-refractivity contribution in [3.63, 3.8) is 0 Å². The van der Waals surface area contributed by atoms with Gasteiger partial charge in [-0.15, -0.1) is 0 Å². The maximum atomic E-state index is 11.7. The fraction of sp³-hybridized carbons (Fsp3) is 0.231. The molecule has 2 rings (SSSR count). The number of carbonyl (C=O) groups excluding carboxylic acids is 1. The molecule has 0 saturated carbocycles. The highest BCUT2D eigenvalue weighted by atomic mass is 35.5. The Balaban J connectivity index is 2.52. The molecule has 2 aromatic rings. The van der Waals surface area contributed by atoms with E-state index in [4.69, 9.17) is 22.1 Å². The van der Waals surface area contributed by atoms with Gasteiger partial charge in [0.1, 0.15) is 0 Å². The molecule has 5 nitrogen and oxygen atoms in total. The molecule has 0 fully saturated rings. The van der Waals surface area contributed by atoms with Crippen LogP contribution in [-0.2, 0) is 9.53 Å². The highest BCUT2D eigenvalue weighted by Crippen LogP contribution is 2.31. The van der Waals surface area contributed by atoms with Gasteiger partial charge < -0.3 is 15.5 Å². The van der Waals surface area contributed by atoms with Crippen LogP contribution >= 0.6 is 11.6 Å². The zero-order valence-electron chi connectivity index (χ0n) is 10.6. The number of halogens is 1. The number of methoxy groups -OCH3 is 1. The van der Waals surface area contributed by atoms with Crippen LogP contribution in [0.1, 0.15) is 18.4 Å². The van der Waals surface area contributed by atoms with Crippen molar-refractivity contribution >= 4 is 23.5 Å². The third-order valence-electron chi connectivity index (χ3n) is 2.92. The first-order valence-corrected chi connectivity index (χ1v) is 6.09. The van der Waals surface area contributed by atoms with E-state index >= 15 is 0 Å². The number of hydrogen-bond acceptors (Lipinski definition) is 4. The van der Waals surface area contributed by atoms with E-state index in [2.05, 4.69) is 9.97 Å². The van der Waals surface area contributed by atoms with Gasteiger partial charge in [-0.2, -0.15) is 0 Å². The van der Waals surface area contributed by atoms with Crippen molar-refractivity contribution in [1.82, 2.24) is 9.97 Å². The third-order valence-corrected chi connectivity index (χ3v) is 3.16. The van der Waals surface area contributed by atoms with E-state index in [1.54, 1.807) is 31.3 Å². The van der Waals surface area contributed by atoms with Crippen molar-refractivity contribution < 1.29 is 9.53 Å². The molecule has 1 aromatic carbocycles. The molecule has 0 bridgehead atoms. The lowest BCUT2D eigenvalue weighted by Gasteiger charge is -2.14. The summed E-state index contributed by atoms with van der Waals surface area (Å²) >= 11 is 6.01. The molecule has 1 aromatic heterocycles. The highest BCUT2D eigenvalue weighted by molar-refractivity contribution is 6.30. The Labute approximate surface area is 115 Å². The Morgan fingerprint density at radius 3 is 2.84 bits per heavy atom. The number of ether oxygens (including phenoxy) is 1. The van der Waals surface area contributed by atoms with Gasteiger partial charge >= 0.3 is 5.97 Å². The average molecular weight is 280 g/mol. The number of imidazole rings is 1. The fourth-order valence-corrected chi connectivity index (χ4v) is 2.09. The van der Waals surface area contributed by atoms with E-state index in [0.29, 0.717) is 16.7 Å². The number of nitrogens with zero attached hydrogens (tertiary/aromatic N) is 1. The molecule has 0 aliphatic heterocycles. The van der Waals surface area contributed by atoms with Crippen molar-refractivity contribution in [2.24, 2.45) is 0 Å². The molecule has 0 aliphatic rings. The number of aromatic amines is 1. The number of anilines is 1. The maximum Gasteiger partial charge on any atom is 0.312 e. The second-order valence-electron chi connectivity index (χ2n) is 4.16. The number of carbonyl (C=O) groups is 1. The first-order valence-electron chi connectivity index (χ1n) is 5.71. The van der Waals surface area contributed by atoms with Gasteiger partial charge in [0.15, 0.2) is 5.95 Å². The van der Waals surface area contributed by atoms with Crippen LogP contribution < -0.4 is 5.73 Å². The number of esters is 1. The second kappa shape index (κ2) is 5.32. The summed E-state index contributed by atoms with van der Waals surface area (Å²) in [7, 11) is 1.36. The number of nitrogen functional groups attached to an aromatic ring is 1. The molecular formula is C13H14ClN3O2. The lowest BCUT2D eigenvalue weighted by molar-refractivity contribution is -0.141. The molecule has 1 heterocycles. The largest absolute Gasteiger partial charge is 0.469 e. The van der Waals surface area contributed by atoms with Gasteiger partial charge in [-0.3, -0.25) is 4.79 Å². The number of benzene rings is 1. The normalized spacial score (nSPS) is 12.2. The quantitative estimate of drug-likeness (QED) is 0.846. The first kappa shape index (κ1) is 13.4. The van der Waals surface area contributed by atoms with Gasteiger partial charge in [-0.1, -0.05) is 17.7 Å². The lowest BCUT2D eigenvalue weighted by Crippen LogP contribution is -2.11. The maximum absolute atomic E-state index is 11.7. The van der Waals surface area contributed by atoms with Crippen LogP contribution in [0.15, 0.2) is 24.4 Å². The highest BCUT2D eigenvalue weighted by Gasteiger charge is 2.20. The molecule has 0 spiro atoms. The van der Waals surface area contributed by atoms with E-state index in [-0.39, 0.29) is 5.97 Å². The Kier molecular flexibility index (Phi) is 3.76. The summed E-state index contributed by atoms with van der Waals surface area (Å²) in [6.45, 7) is 1.78. The number of nitrogens with one attached hydrogen (secondary N) is 1. The van der Waals surface area contributed by atoms with Crippen LogP contribution in [-0.4, -0.2) is 23.0 Å². The van der Waals surface area contributed by atoms with E-state index in [0.717, 1.165) is 11.1 Å². The predicted molar refractivity (Wildman–Crippen MR) is 73.9 cm³/mol. The molecule has 6 heteroatoms. The van der Waals surface area contributed by atoms with Crippen molar-refractivity contribution in [2.75, 3.05) is 12.8 Å². The minimum absolute atomic E-state index is 0.309. The van der Waals surface area contributed by atoms with Gasteiger partial charge in [0, 0.05) is 10.6 Å². The molecule has 3 N–H and O–H groups in total. The standard InChI is InChI=1S/C13H14ClN3O2/c1-7(12(18)19-2)9-4-3-8(14)5-10(9)11-6-16-13(15)17-11/h3-7H,1-2H3,(H3,15,16,17). The second-order valence-corrected chi connectivity index (χ2v) is 4.59. The van der Waals surface area contributed by atoms with Gasteiger partial charge in [0.25, 0.3) is 0 Å². The molecule has 1 unspecified atom stereocenters. The van der Waals surface area contributed by atoms with Gasteiger partial charge in [-0.25, -0.2) is 4.98 Å². The fourth-order valence-electron chi connectivity index (χ4n) is 1.92. The third kappa shape index (κ3) is 2.71. The minimum atomic E-state index is -0.401. The summed E-state index contributed by atoms with van der Waals surface area (Å²) in [4.78, 5) is 18.6. The summed E-state index contributed by atoms with van der Waals surface area (Å²) < 4.78 is 4.77. The van der Waals surface area contributed by atoms with Crippen LogP contribution in [0.5, 0.6) is 0 Å². The van der Waals surface area contributed by atoms with Crippen molar-refractivity contribution in [3.05, 3.63) is 35.0 Å². The zero-order chi connectivity index (χ0) is 14.0. The minimum Gasteiger partial charge on any atom is -0.469 e. The van der Waals surface area contributed by atoms with Crippen LogP contribution in [0.4, 0.5) is 5.95 Å². The smallest absolute Gasteiger partial charge is 0.312 e. The summed E-state index contributed by atoms with van der Waals surface area (Å²) in [5.41, 5.74) is 7.88. The van der Waals surface area contributed by atoms with Gasteiger partial charge in [-0.05, 0) is 24.6 Å². The zero-order valence-corrected chi connectivity index (χ0v) is 11.4. The van der Waals surface area contributed by atoms with Crippen molar-refractivity contribution in [1.29, 1.82) is 0 Å². The molecule has 0 aliphatic carbocycles. The lowest BCUT2D eigenvalue weighted by atomic mass is 9.94. The number of hydrogen-bond donors (Lipinski definition) is 2. The molecule has 19 heavy (non-hydrogen) atoms. The van der Waals surface area contributed by atoms with E-state index in [1.807, 2.05) is 0 Å². The number of aromatic nitrogens is 2. The molecule has 0 radical (unpaired) electrons. The molecular weight excluding hydrogens is 266 g/mol. The van der Waals surface area contributed by atoms with Crippen LogP contribution in [0, 0.1) is 0 Å². The summed E-state index contributed by atoms with van der Waals surface area (Å²) in [5, 5.41) is 0.573. The van der Waals surface area contributed by atoms with Crippen LogP contribution in [0.2, 0.25) is 5.02 Å². The number of H-pyrrole nitrogens is 1. The Morgan fingerprint density at radius 2 is 2.26 bits per heavy atom. The molecule has 100 valence electrons. The van der Waals surface area contributed by atoms with Gasteiger partial charge in [0.2, 0.25) is 0 Å².